The second-order valence-corrected chi connectivity index (χ2v) is 13.7. The van der Waals surface area contributed by atoms with Crippen LogP contribution in [0, 0.1) is 16.7 Å². The molecule has 0 bridgehead atoms. The highest BCUT2D eigenvalue weighted by molar-refractivity contribution is 6.30. The summed E-state index contributed by atoms with van der Waals surface area (Å²) in [5.74, 6) is -0.465. The van der Waals surface area contributed by atoms with Crippen LogP contribution in [0.2, 0.25) is 10.0 Å². The number of nitrogens with zero attached hydrogens (tertiary/aromatic N) is 2. The third kappa shape index (κ3) is 7.47. The molecule has 2 amide bonds. The number of carbonyl (C=O) groups excluding carboxylic acids is 2. The molecule has 0 radical (unpaired) electrons. The average Bonchev–Trinajstić information content (AvgIpc) is 3.26. The van der Waals surface area contributed by atoms with Gasteiger partial charge in [0, 0.05) is 54.6 Å². The summed E-state index contributed by atoms with van der Waals surface area (Å²) in [4.78, 5) is 27.4. The Hall–Kier alpha value is -2.63. The smallest absolute Gasteiger partial charge is 0.237 e. The van der Waals surface area contributed by atoms with E-state index in [4.69, 9.17) is 23.2 Å². The Morgan fingerprint density at radius 3 is 2.36 bits per heavy atom. The van der Waals surface area contributed by atoms with Crippen LogP contribution in [0.15, 0.2) is 48.5 Å². The number of rotatable bonds is 9. The summed E-state index contributed by atoms with van der Waals surface area (Å²) in [5, 5.41) is 22.5. The van der Waals surface area contributed by atoms with Crippen molar-refractivity contribution in [2.24, 2.45) is 5.41 Å². The van der Waals surface area contributed by atoms with Gasteiger partial charge in [-0.25, -0.2) is 0 Å². The topological polar surface area (TPSA) is 97.3 Å². The summed E-state index contributed by atoms with van der Waals surface area (Å²) in [7, 11) is 0. The Balaban J connectivity index is 1.53. The van der Waals surface area contributed by atoms with Crippen LogP contribution >= 0.6 is 23.2 Å². The van der Waals surface area contributed by atoms with Gasteiger partial charge in [0.1, 0.15) is 5.41 Å². The summed E-state index contributed by atoms with van der Waals surface area (Å²) in [6, 6.07) is 17.1. The van der Waals surface area contributed by atoms with E-state index in [2.05, 4.69) is 42.8 Å². The molecule has 9 heteroatoms. The molecule has 2 aromatic carbocycles. The van der Waals surface area contributed by atoms with Gasteiger partial charge in [-0.1, -0.05) is 68.2 Å². The Morgan fingerprint density at radius 2 is 1.76 bits per heavy atom. The number of carbonyl (C=O) groups is 2. The highest BCUT2D eigenvalue weighted by Crippen LogP contribution is 2.51. The SMILES string of the molecule is CC(=O)N1CCC(NCCCNC(=O)[C@@H]2NC(CC(C)(C)C)[C@](C#N)(c3ccc(Cl)cc3)C2c2cccc(Cl)c2)CC1. The third-order valence-electron chi connectivity index (χ3n) is 8.59. The number of benzene rings is 2. The van der Waals surface area contributed by atoms with Crippen LogP contribution in [-0.2, 0) is 15.0 Å². The monoisotopic (exact) mass is 611 g/mol. The second-order valence-electron chi connectivity index (χ2n) is 12.9. The minimum absolute atomic E-state index is 0.0946. The summed E-state index contributed by atoms with van der Waals surface area (Å²) in [6.45, 7) is 10.9. The van der Waals surface area contributed by atoms with Crippen molar-refractivity contribution in [1.82, 2.24) is 20.9 Å². The first-order chi connectivity index (χ1) is 19.9. The molecule has 226 valence electrons. The molecule has 2 aromatic rings. The molecule has 2 unspecified atom stereocenters. The van der Waals surface area contributed by atoms with Crippen molar-refractivity contribution < 1.29 is 9.59 Å². The maximum atomic E-state index is 13.9. The van der Waals surface area contributed by atoms with E-state index in [0.717, 1.165) is 50.0 Å². The van der Waals surface area contributed by atoms with E-state index in [9.17, 15) is 14.9 Å². The van der Waals surface area contributed by atoms with E-state index in [-0.39, 0.29) is 23.3 Å². The molecule has 2 aliphatic heterocycles. The predicted molar refractivity (Wildman–Crippen MR) is 169 cm³/mol. The van der Waals surface area contributed by atoms with Crippen molar-refractivity contribution >= 4 is 35.0 Å². The van der Waals surface area contributed by atoms with Gasteiger partial charge in [0.2, 0.25) is 11.8 Å². The first-order valence-electron chi connectivity index (χ1n) is 14.9. The number of amides is 2. The molecule has 0 aliphatic carbocycles. The van der Waals surface area contributed by atoms with E-state index >= 15 is 0 Å². The second kappa shape index (κ2) is 13.8. The van der Waals surface area contributed by atoms with E-state index in [1.165, 1.54) is 0 Å². The average molecular weight is 613 g/mol. The quantitative estimate of drug-likeness (QED) is 0.329. The van der Waals surface area contributed by atoms with Crippen LogP contribution in [0.5, 0.6) is 0 Å². The van der Waals surface area contributed by atoms with Crippen molar-refractivity contribution in [2.75, 3.05) is 26.2 Å². The lowest BCUT2D eigenvalue weighted by Gasteiger charge is -2.37. The van der Waals surface area contributed by atoms with Gasteiger partial charge in [-0.2, -0.15) is 5.26 Å². The van der Waals surface area contributed by atoms with Gasteiger partial charge in [0.15, 0.2) is 0 Å². The summed E-state index contributed by atoms with van der Waals surface area (Å²) in [6.07, 6.45) is 3.35. The number of nitrogens with one attached hydrogen (secondary N) is 3. The predicted octanol–water partition coefficient (Wildman–Crippen LogP) is 5.42. The van der Waals surface area contributed by atoms with Gasteiger partial charge < -0.3 is 20.9 Å². The minimum atomic E-state index is -1.03. The number of halogens is 2. The first kappa shape index (κ1) is 32.3. The van der Waals surface area contributed by atoms with Gasteiger partial charge in [0.25, 0.3) is 0 Å². The number of hydrogen-bond donors (Lipinski definition) is 3. The molecular weight excluding hydrogens is 569 g/mol. The van der Waals surface area contributed by atoms with Crippen LogP contribution in [0.4, 0.5) is 0 Å². The summed E-state index contributed by atoms with van der Waals surface area (Å²) < 4.78 is 0. The maximum Gasteiger partial charge on any atom is 0.237 e. The highest BCUT2D eigenvalue weighted by atomic mass is 35.5. The van der Waals surface area contributed by atoms with Gasteiger partial charge in [0.05, 0.1) is 12.1 Å². The molecule has 2 aliphatic rings. The van der Waals surface area contributed by atoms with Crippen molar-refractivity contribution in [2.45, 2.75) is 82.8 Å². The number of nitriles is 1. The lowest BCUT2D eigenvalue weighted by molar-refractivity contribution is -0.130. The normalized spacial score (nSPS) is 24.8. The molecule has 0 saturated carbocycles. The van der Waals surface area contributed by atoms with Crippen molar-refractivity contribution in [3.63, 3.8) is 0 Å². The summed E-state index contributed by atoms with van der Waals surface area (Å²) in [5.41, 5.74) is 0.557. The molecule has 2 heterocycles. The van der Waals surface area contributed by atoms with E-state index < -0.39 is 17.4 Å². The van der Waals surface area contributed by atoms with Gasteiger partial charge >= 0.3 is 0 Å². The number of likely N-dealkylation sites (tertiary alicyclic amines) is 1. The molecule has 4 rings (SSSR count). The zero-order valence-electron chi connectivity index (χ0n) is 25.1. The third-order valence-corrected chi connectivity index (χ3v) is 9.08. The van der Waals surface area contributed by atoms with E-state index in [1.54, 1.807) is 6.92 Å². The maximum absolute atomic E-state index is 13.9. The lowest BCUT2D eigenvalue weighted by Crippen LogP contribution is -2.46. The molecule has 2 saturated heterocycles. The summed E-state index contributed by atoms with van der Waals surface area (Å²) >= 11 is 12.7. The fourth-order valence-electron chi connectivity index (χ4n) is 6.57. The highest BCUT2D eigenvalue weighted by Gasteiger charge is 2.59. The van der Waals surface area contributed by atoms with Crippen molar-refractivity contribution in [3.8, 4) is 6.07 Å². The Bertz CT molecular complexity index is 1280. The van der Waals surface area contributed by atoms with E-state index in [0.29, 0.717) is 29.1 Å². The van der Waals surface area contributed by atoms with Crippen molar-refractivity contribution in [1.29, 1.82) is 5.26 Å². The standard InChI is InChI=1S/C33H43Cl2N5O2/c1-22(41)40-17-13-27(14-18-40)37-15-6-16-38-31(42)30-29(23-7-5-8-26(35)19-23)33(21-36,24-9-11-25(34)12-10-24)28(39-30)20-32(2,3)4/h5,7-12,19,27-30,37,39H,6,13-18,20H2,1-4H3,(H,38,42)/t28?,29?,30-,33+/m1/s1. The largest absolute Gasteiger partial charge is 0.355 e. The molecule has 0 aromatic heterocycles. The van der Waals surface area contributed by atoms with Gasteiger partial charge in [-0.15, -0.1) is 0 Å². The van der Waals surface area contributed by atoms with Crippen LogP contribution in [0.25, 0.3) is 0 Å². The van der Waals surface area contributed by atoms with Crippen LogP contribution in [0.1, 0.15) is 70.4 Å². The lowest BCUT2D eigenvalue weighted by atomic mass is 9.63. The number of hydrogen-bond acceptors (Lipinski definition) is 5. The molecule has 42 heavy (non-hydrogen) atoms. The van der Waals surface area contributed by atoms with Gasteiger partial charge in [-0.05, 0) is 73.0 Å². The molecule has 2 fully saturated rings. The Kier molecular flexibility index (Phi) is 10.6. The fraction of sp³-hybridized carbons (Fsp3) is 0.545. The zero-order valence-corrected chi connectivity index (χ0v) is 26.6. The van der Waals surface area contributed by atoms with Crippen LogP contribution in [-0.4, -0.2) is 61.0 Å². The zero-order chi connectivity index (χ0) is 30.5. The fourth-order valence-corrected chi connectivity index (χ4v) is 6.90. The number of piperidine rings is 1. The molecule has 7 nitrogen and oxygen atoms in total. The molecule has 4 atom stereocenters. The van der Waals surface area contributed by atoms with Crippen LogP contribution < -0.4 is 16.0 Å². The Morgan fingerprint density at radius 1 is 1.07 bits per heavy atom. The minimum Gasteiger partial charge on any atom is -0.355 e. The van der Waals surface area contributed by atoms with Crippen molar-refractivity contribution in [3.05, 3.63) is 69.7 Å². The first-order valence-corrected chi connectivity index (χ1v) is 15.7. The molecule has 3 N–H and O–H groups in total. The molecule has 0 spiro atoms. The van der Waals surface area contributed by atoms with Gasteiger partial charge in [-0.3, -0.25) is 9.59 Å². The van der Waals surface area contributed by atoms with E-state index in [1.807, 2.05) is 53.4 Å². The molecular formula is C33H43Cl2N5O2. The van der Waals surface area contributed by atoms with Crippen LogP contribution in [0.3, 0.4) is 0 Å². The Labute approximate surface area is 260 Å².